The number of carbonyl (C=O) groups is 2. The molecule has 7 nitrogen and oxygen atoms in total. The zero-order valence-electron chi connectivity index (χ0n) is 12.3. The summed E-state index contributed by atoms with van der Waals surface area (Å²) >= 11 is 6.05. The number of rotatable bonds is 2. The third-order valence-electron chi connectivity index (χ3n) is 3.13. The van der Waals surface area contributed by atoms with Crippen molar-refractivity contribution in [1.29, 1.82) is 0 Å². The molecule has 1 aromatic carbocycles. The van der Waals surface area contributed by atoms with E-state index in [0.29, 0.717) is 16.1 Å². The Morgan fingerprint density at radius 2 is 1.92 bits per heavy atom. The summed E-state index contributed by atoms with van der Waals surface area (Å²) in [5.41, 5.74) is 6.29. The van der Waals surface area contributed by atoms with Crippen LogP contribution < -0.4 is 16.2 Å². The van der Waals surface area contributed by atoms with Gasteiger partial charge in [-0.1, -0.05) is 29.8 Å². The molecule has 2 amide bonds. The maximum absolute atomic E-state index is 11.9. The van der Waals surface area contributed by atoms with Gasteiger partial charge in [0.25, 0.3) is 11.8 Å². The Hall–Kier alpha value is -3.19. The molecular formula is C16H12ClN5O2. The van der Waals surface area contributed by atoms with Gasteiger partial charge >= 0.3 is 0 Å². The van der Waals surface area contributed by atoms with Crippen LogP contribution >= 0.6 is 11.6 Å². The predicted octanol–water partition coefficient (Wildman–Crippen LogP) is 1.50. The van der Waals surface area contributed by atoms with Crippen molar-refractivity contribution in [2.24, 2.45) is 4.99 Å². The van der Waals surface area contributed by atoms with Crippen LogP contribution in [0.3, 0.4) is 0 Å². The van der Waals surface area contributed by atoms with Crippen LogP contribution in [0.4, 0.5) is 0 Å². The lowest BCUT2D eigenvalue weighted by molar-refractivity contribution is -0.115. The van der Waals surface area contributed by atoms with E-state index in [-0.39, 0.29) is 17.6 Å². The van der Waals surface area contributed by atoms with E-state index in [1.165, 1.54) is 12.4 Å². The fourth-order valence-electron chi connectivity index (χ4n) is 1.96. The summed E-state index contributed by atoms with van der Waals surface area (Å²) < 4.78 is 0. The smallest absolute Gasteiger partial charge is 0.276 e. The summed E-state index contributed by atoms with van der Waals surface area (Å²) in [6, 6.07) is 10.2. The lowest BCUT2D eigenvalue weighted by Gasteiger charge is -2.06. The number of aromatic nitrogens is 1. The third-order valence-corrected chi connectivity index (χ3v) is 3.48. The molecule has 8 heteroatoms. The molecule has 1 aliphatic heterocycles. The number of hydrazine groups is 1. The van der Waals surface area contributed by atoms with Crippen molar-refractivity contribution in [2.45, 2.75) is 0 Å². The number of hydrogen-bond acceptors (Lipinski definition) is 5. The van der Waals surface area contributed by atoms with Gasteiger partial charge in [0.15, 0.2) is 0 Å². The fourth-order valence-corrected chi connectivity index (χ4v) is 2.15. The van der Waals surface area contributed by atoms with Crippen molar-refractivity contribution < 1.29 is 9.59 Å². The molecule has 24 heavy (non-hydrogen) atoms. The summed E-state index contributed by atoms with van der Waals surface area (Å²) in [5, 5.41) is 3.03. The number of nitrogens with zero attached hydrogens (tertiary/aromatic N) is 2. The highest BCUT2D eigenvalue weighted by molar-refractivity contribution is 6.32. The zero-order valence-corrected chi connectivity index (χ0v) is 13.0. The van der Waals surface area contributed by atoms with Gasteiger partial charge in [-0.3, -0.25) is 30.7 Å². The Bertz CT molecular complexity index is 849. The summed E-state index contributed by atoms with van der Waals surface area (Å²) in [6.07, 6.45) is 4.58. The van der Waals surface area contributed by atoms with Crippen molar-refractivity contribution in [3.05, 3.63) is 70.6 Å². The van der Waals surface area contributed by atoms with E-state index < -0.39 is 5.91 Å². The van der Waals surface area contributed by atoms with Gasteiger partial charge in [0.2, 0.25) is 5.96 Å². The molecule has 0 radical (unpaired) electrons. The lowest BCUT2D eigenvalue weighted by Crippen LogP contribution is -2.47. The Morgan fingerprint density at radius 3 is 2.67 bits per heavy atom. The molecule has 0 unspecified atom stereocenters. The number of nitrogens with one attached hydrogen (secondary N) is 3. The van der Waals surface area contributed by atoms with E-state index in [1.54, 1.807) is 36.4 Å². The van der Waals surface area contributed by atoms with Crippen molar-refractivity contribution in [3.8, 4) is 0 Å². The molecule has 0 bridgehead atoms. The summed E-state index contributed by atoms with van der Waals surface area (Å²) in [4.78, 5) is 31.7. The first kappa shape index (κ1) is 15.7. The SMILES string of the molecule is O=C1NC(NNC(=O)c2ccncc2)=N/C1=C\c1ccccc1Cl. The van der Waals surface area contributed by atoms with Crippen LogP contribution in [0.5, 0.6) is 0 Å². The molecule has 0 fully saturated rings. The largest absolute Gasteiger partial charge is 0.290 e. The summed E-state index contributed by atoms with van der Waals surface area (Å²) in [7, 11) is 0. The molecule has 0 aliphatic carbocycles. The molecule has 2 aromatic rings. The van der Waals surface area contributed by atoms with Gasteiger partial charge in [-0.15, -0.1) is 0 Å². The van der Waals surface area contributed by atoms with Gasteiger partial charge in [-0.05, 0) is 29.8 Å². The first-order valence-corrected chi connectivity index (χ1v) is 7.34. The number of hydrogen-bond donors (Lipinski definition) is 3. The quantitative estimate of drug-likeness (QED) is 0.569. The number of guanidine groups is 1. The standard InChI is InChI=1S/C16H12ClN5O2/c17-12-4-2-1-3-11(12)9-13-15(24)20-16(19-13)22-21-14(23)10-5-7-18-8-6-10/h1-9H,(H,21,23)(H2,19,20,22,24)/b13-9-. The second-order valence-electron chi connectivity index (χ2n) is 4.78. The van der Waals surface area contributed by atoms with E-state index in [0.717, 1.165) is 0 Å². The average Bonchev–Trinajstić information content (AvgIpc) is 2.95. The van der Waals surface area contributed by atoms with Crippen LogP contribution in [0.1, 0.15) is 15.9 Å². The Labute approximate surface area is 142 Å². The molecule has 2 heterocycles. The number of carbonyl (C=O) groups excluding carboxylic acids is 2. The fraction of sp³-hybridized carbons (Fsp3) is 0. The molecule has 1 aliphatic rings. The van der Waals surface area contributed by atoms with Gasteiger partial charge in [0.1, 0.15) is 5.70 Å². The number of pyridine rings is 1. The topological polar surface area (TPSA) is 95.5 Å². The zero-order chi connectivity index (χ0) is 16.9. The molecule has 0 saturated carbocycles. The number of aliphatic imine (C=N–C) groups is 1. The van der Waals surface area contributed by atoms with Gasteiger partial charge < -0.3 is 0 Å². The minimum atomic E-state index is -0.393. The van der Waals surface area contributed by atoms with Crippen LogP contribution in [-0.2, 0) is 4.79 Å². The highest BCUT2D eigenvalue weighted by atomic mass is 35.5. The first-order chi connectivity index (χ1) is 11.6. The Kier molecular flexibility index (Phi) is 4.53. The maximum Gasteiger partial charge on any atom is 0.276 e. The minimum Gasteiger partial charge on any atom is -0.290 e. The van der Waals surface area contributed by atoms with Gasteiger partial charge in [0.05, 0.1) is 0 Å². The number of benzene rings is 1. The Morgan fingerprint density at radius 1 is 1.17 bits per heavy atom. The highest BCUT2D eigenvalue weighted by Crippen LogP contribution is 2.19. The maximum atomic E-state index is 11.9. The van der Waals surface area contributed by atoms with Crippen molar-refractivity contribution in [1.82, 2.24) is 21.2 Å². The van der Waals surface area contributed by atoms with Crippen LogP contribution in [0.25, 0.3) is 6.08 Å². The van der Waals surface area contributed by atoms with E-state index in [9.17, 15) is 9.59 Å². The molecule has 0 atom stereocenters. The van der Waals surface area contributed by atoms with Gasteiger partial charge in [-0.25, -0.2) is 4.99 Å². The van der Waals surface area contributed by atoms with Crippen LogP contribution in [0.15, 0.2) is 59.5 Å². The summed E-state index contributed by atoms with van der Waals surface area (Å²) in [6.45, 7) is 0. The van der Waals surface area contributed by atoms with E-state index >= 15 is 0 Å². The number of halogens is 1. The normalized spacial score (nSPS) is 15.0. The Balaban J connectivity index is 1.69. The van der Waals surface area contributed by atoms with E-state index in [2.05, 4.69) is 26.1 Å². The second-order valence-corrected chi connectivity index (χ2v) is 5.19. The van der Waals surface area contributed by atoms with E-state index in [4.69, 9.17) is 11.6 Å². The van der Waals surface area contributed by atoms with Crippen molar-refractivity contribution >= 4 is 35.5 Å². The predicted molar refractivity (Wildman–Crippen MR) is 89.8 cm³/mol. The average molecular weight is 342 g/mol. The highest BCUT2D eigenvalue weighted by Gasteiger charge is 2.20. The third kappa shape index (κ3) is 3.58. The number of amides is 2. The molecule has 3 rings (SSSR count). The van der Waals surface area contributed by atoms with Gasteiger partial charge in [-0.2, -0.15) is 0 Å². The summed E-state index contributed by atoms with van der Waals surface area (Å²) in [5.74, 6) is -0.644. The minimum absolute atomic E-state index is 0.126. The van der Waals surface area contributed by atoms with Gasteiger partial charge in [0, 0.05) is 23.0 Å². The molecule has 0 spiro atoms. The van der Waals surface area contributed by atoms with Crippen LogP contribution in [0, 0.1) is 0 Å². The molecule has 1 aromatic heterocycles. The van der Waals surface area contributed by atoms with Crippen LogP contribution in [0.2, 0.25) is 5.02 Å². The van der Waals surface area contributed by atoms with E-state index in [1.807, 2.05) is 6.07 Å². The van der Waals surface area contributed by atoms with Crippen molar-refractivity contribution in [3.63, 3.8) is 0 Å². The lowest BCUT2D eigenvalue weighted by atomic mass is 10.2. The molecular weight excluding hydrogens is 330 g/mol. The molecule has 120 valence electrons. The molecule has 0 saturated heterocycles. The molecule has 3 N–H and O–H groups in total. The van der Waals surface area contributed by atoms with Crippen molar-refractivity contribution in [2.75, 3.05) is 0 Å². The monoisotopic (exact) mass is 341 g/mol. The van der Waals surface area contributed by atoms with Crippen LogP contribution in [-0.4, -0.2) is 22.8 Å². The second kappa shape index (κ2) is 6.93. The first-order valence-electron chi connectivity index (χ1n) is 6.96.